The first kappa shape index (κ1) is 21.6. The van der Waals surface area contributed by atoms with Gasteiger partial charge < -0.3 is 15.5 Å². The van der Waals surface area contributed by atoms with E-state index < -0.39 is 0 Å². The summed E-state index contributed by atoms with van der Waals surface area (Å²) >= 11 is 0. The van der Waals surface area contributed by atoms with Crippen LogP contribution < -0.4 is 10.6 Å². The van der Waals surface area contributed by atoms with Crippen molar-refractivity contribution in [1.29, 1.82) is 0 Å². The van der Waals surface area contributed by atoms with Crippen LogP contribution in [-0.4, -0.2) is 74.5 Å². The van der Waals surface area contributed by atoms with E-state index in [2.05, 4.69) is 25.4 Å². The third-order valence-electron chi connectivity index (χ3n) is 5.98. The molecule has 29 heavy (non-hydrogen) atoms. The summed E-state index contributed by atoms with van der Waals surface area (Å²) in [5, 5.41) is 6.56. The van der Waals surface area contributed by atoms with Gasteiger partial charge in [0.05, 0.1) is 0 Å². The summed E-state index contributed by atoms with van der Waals surface area (Å²) in [6.07, 6.45) is 5.18. The molecule has 1 aliphatic heterocycles. The van der Waals surface area contributed by atoms with E-state index in [4.69, 9.17) is 0 Å². The maximum atomic E-state index is 13.7. The second-order valence-electron chi connectivity index (χ2n) is 7.92. The minimum atomic E-state index is -0.164. The Kier molecular flexibility index (Phi) is 8.28. The zero-order valence-electron chi connectivity index (χ0n) is 17.5. The van der Waals surface area contributed by atoms with Crippen molar-refractivity contribution in [2.24, 2.45) is 10.9 Å². The molecular formula is C22H34FN5O. The van der Waals surface area contributed by atoms with E-state index in [0.717, 1.165) is 58.1 Å². The predicted molar refractivity (Wildman–Crippen MR) is 114 cm³/mol. The van der Waals surface area contributed by atoms with E-state index in [0.29, 0.717) is 24.4 Å². The summed E-state index contributed by atoms with van der Waals surface area (Å²) in [6.45, 7) is 5.87. The van der Waals surface area contributed by atoms with E-state index >= 15 is 0 Å². The molecule has 1 aromatic rings. The van der Waals surface area contributed by atoms with Gasteiger partial charge in [-0.25, -0.2) is 4.39 Å². The van der Waals surface area contributed by atoms with Crippen molar-refractivity contribution in [3.8, 4) is 0 Å². The maximum Gasteiger partial charge on any atom is 0.225 e. The van der Waals surface area contributed by atoms with Gasteiger partial charge in [-0.1, -0.05) is 31.0 Å². The van der Waals surface area contributed by atoms with Crippen LogP contribution in [0.5, 0.6) is 0 Å². The average Bonchev–Trinajstić information content (AvgIpc) is 3.29. The van der Waals surface area contributed by atoms with Crippen LogP contribution in [0.4, 0.5) is 4.39 Å². The number of amides is 1. The Balaban J connectivity index is 1.30. The Bertz CT molecular complexity index is 682. The Morgan fingerprint density at radius 1 is 1.10 bits per heavy atom. The Hall–Kier alpha value is -2.15. The molecule has 0 spiro atoms. The number of guanidine groups is 1. The molecule has 1 heterocycles. The highest BCUT2D eigenvalue weighted by molar-refractivity contribution is 5.79. The van der Waals surface area contributed by atoms with Crippen LogP contribution in [0.25, 0.3) is 0 Å². The minimum absolute atomic E-state index is 0.164. The standard InChI is InChI=1S/C22H34FN5O/c1-24-22(25-11-10-18-6-4-5-9-20(18)23)26-12-13-27-14-16-28(17-15-27)21(29)19-7-2-3-8-19/h4-6,9,19H,2-3,7-8,10-17H2,1H3,(H2,24,25,26). The van der Waals surface area contributed by atoms with E-state index in [1.807, 2.05) is 12.1 Å². The summed E-state index contributed by atoms with van der Waals surface area (Å²) in [5.41, 5.74) is 0.709. The Morgan fingerprint density at radius 3 is 2.48 bits per heavy atom. The lowest BCUT2D eigenvalue weighted by molar-refractivity contribution is -0.137. The highest BCUT2D eigenvalue weighted by Crippen LogP contribution is 2.26. The second-order valence-corrected chi connectivity index (χ2v) is 7.92. The Labute approximate surface area is 173 Å². The van der Waals surface area contributed by atoms with Crippen molar-refractivity contribution in [1.82, 2.24) is 20.4 Å². The zero-order chi connectivity index (χ0) is 20.5. The highest BCUT2D eigenvalue weighted by Gasteiger charge is 2.29. The van der Waals surface area contributed by atoms with Gasteiger partial charge in [0.15, 0.2) is 5.96 Å². The van der Waals surface area contributed by atoms with Crippen LogP contribution in [0.3, 0.4) is 0 Å². The third-order valence-corrected chi connectivity index (χ3v) is 5.98. The van der Waals surface area contributed by atoms with Gasteiger partial charge in [0, 0.05) is 58.8 Å². The molecule has 3 rings (SSSR count). The first-order valence-electron chi connectivity index (χ1n) is 10.9. The van der Waals surface area contributed by atoms with Gasteiger partial charge in [0.25, 0.3) is 0 Å². The molecular weight excluding hydrogens is 369 g/mol. The summed E-state index contributed by atoms with van der Waals surface area (Å²) < 4.78 is 13.7. The fourth-order valence-electron chi connectivity index (χ4n) is 4.19. The second kappa shape index (κ2) is 11.1. The molecule has 7 heteroatoms. The molecule has 2 aliphatic rings. The zero-order valence-corrected chi connectivity index (χ0v) is 17.5. The first-order valence-corrected chi connectivity index (χ1v) is 10.9. The van der Waals surface area contributed by atoms with Crippen LogP contribution in [0.15, 0.2) is 29.3 Å². The van der Waals surface area contributed by atoms with E-state index in [-0.39, 0.29) is 11.7 Å². The van der Waals surface area contributed by atoms with Crippen molar-refractivity contribution < 1.29 is 9.18 Å². The molecule has 160 valence electrons. The molecule has 0 unspecified atom stereocenters. The topological polar surface area (TPSA) is 60.0 Å². The number of halogens is 1. The lowest BCUT2D eigenvalue weighted by Gasteiger charge is -2.36. The van der Waals surface area contributed by atoms with E-state index in [1.165, 1.54) is 18.9 Å². The fraction of sp³-hybridized carbons (Fsp3) is 0.636. The van der Waals surface area contributed by atoms with Gasteiger partial charge in [0.2, 0.25) is 5.91 Å². The summed E-state index contributed by atoms with van der Waals surface area (Å²) in [4.78, 5) is 21.2. The normalized spacial score (nSPS) is 18.8. The smallest absolute Gasteiger partial charge is 0.225 e. The van der Waals surface area contributed by atoms with Crippen LogP contribution in [-0.2, 0) is 11.2 Å². The number of hydrogen-bond acceptors (Lipinski definition) is 3. The van der Waals surface area contributed by atoms with Crippen molar-refractivity contribution in [3.63, 3.8) is 0 Å². The number of benzene rings is 1. The lowest BCUT2D eigenvalue weighted by Crippen LogP contribution is -2.52. The van der Waals surface area contributed by atoms with Gasteiger partial charge >= 0.3 is 0 Å². The maximum absolute atomic E-state index is 13.7. The Morgan fingerprint density at radius 2 is 1.79 bits per heavy atom. The third kappa shape index (κ3) is 6.42. The lowest BCUT2D eigenvalue weighted by atomic mass is 10.1. The molecule has 2 fully saturated rings. The molecule has 1 saturated carbocycles. The summed E-state index contributed by atoms with van der Waals surface area (Å²) in [5.74, 6) is 1.22. The predicted octanol–water partition coefficient (Wildman–Crippen LogP) is 1.87. The van der Waals surface area contributed by atoms with Gasteiger partial charge in [-0.05, 0) is 30.9 Å². The molecule has 0 radical (unpaired) electrons. The van der Waals surface area contributed by atoms with Crippen LogP contribution in [0.2, 0.25) is 0 Å². The number of rotatable bonds is 7. The van der Waals surface area contributed by atoms with Gasteiger partial charge in [-0.2, -0.15) is 0 Å². The molecule has 1 aromatic carbocycles. The van der Waals surface area contributed by atoms with Crippen LogP contribution in [0, 0.1) is 11.7 Å². The summed E-state index contributed by atoms with van der Waals surface area (Å²) in [7, 11) is 1.74. The summed E-state index contributed by atoms with van der Waals surface area (Å²) in [6, 6.07) is 6.86. The molecule has 1 aliphatic carbocycles. The molecule has 0 aromatic heterocycles. The number of nitrogens with zero attached hydrogens (tertiary/aromatic N) is 3. The number of hydrogen-bond donors (Lipinski definition) is 2. The quantitative estimate of drug-likeness (QED) is 0.539. The molecule has 6 nitrogen and oxygen atoms in total. The monoisotopic (exact) mass is 403 g/mol. The number of piperazine rings is 1. The SMILES string of the molecule is CN=C(NCCc1ccccc1F)NCCN1CCN(C(=O)C2CCCC2)CC1. The van der Waals surface area contributed by atoms with Crippen LogP contribution >= 0.6 is 0 Å². The molecule has 0 atom stereocenters. The molecule has 1 saturated heterocycles. The number of carbonyl (C=O) groups is 1. The largest absolute Gasteiger partial charge is 0.356 e. The molecule has 0 bridgehead atoms. The van der Waals surface area contributed by atoms with Crippen LogP contribution in [0.1, 0.15) is 31.2 Å². The van der Waals surface area contributed by atoms with Crippen molar-refractivity contribution in [2.45, 2.75) is 32.1 Å². The van der Waals surface area contributed by atoms with E-state index in [1.54, 1.807) is 13.1 Å². The van der Waals surface area contributed by atoms with Crippen molar-refractivity contribution in [2.75, 3.05) is 52.9 Å². The average molecular weight is 404 g/mol. The molecule has 1 amide bonds. The first-order chi connectivity index (χ1) is 14.2. The molecule has 2 N–H and O–H groups in total. The fourth-order valence-corrected chi connectivity index (χ4v) is 4.19. The number of aliphatic imine (C=N–C) groups is 1. The minimum Gasteiger partial charge on any atom is -0.356 e. The van der Waals surface area contributed by atoms with Gasteiger partial charge in [0.1, 0.15) is 5.82 Å². The highest BCUT2D eigenvalue weighted by atomic mass is 19.1. The van der Waals surface area contributed by atoms with E-state index in [9.17, 15) is 9.18 Å². The number of nitrogens with one attached hydrogen (secondary N) is 2. The van der Waals surface area contributed by atoms with Crippen molar-refractivity contribution in [3.05, 3.63) is 35.6 Å². The number of carbonyl (C=O) groups excluding carboxylic acids is 1. The van der Waals surface area contributed by atoms with Gasteiger partial charge in [-0.3, -0.25) is 14.7 Å². The van der Waals surface area contributed by atoms with Crippen molar-refractivity contribution >= 4 is 11.9 Å². The van der Waals surface area contributed by atoms with Gasteiger partial charge in [-0.15, -0.1) is 0 Å².